The minimum Gasteiger partial charge on any atom is -0.346 e. The Hall–Kier alpha value is -2.75. The number of Topliss-reactive ketones (excluding diaryl/α,β-unsaturated/α-hetero) is 1. The Balaban J connectivity index is 1.36. The fourth-order valence-corrected chi connectivity index (χ4v) is 5.53. The molecule has 1 saturated heterocycles. The summed E-state index contributed by atoms with van der Waals surface area (Å²) in [5, 5.41) is 13.7. The summed E-state index contributed by atoms with van der Waals surface area (Å²) in [6, 6.07) is 14.1. The van der Waals surface area contributed by atoms with Crippen LogP contribution in [0.3, 0.4) is 0 Å². The van der Waals surface area contributed by atoms with Gasteiger partial charge in [0.2, 0.25) is 0 Å². The van der Waals surface area contributed by atoms with Gasteiger partial charge < -0.3 is 10.2 Å². The van der Waals surface area contributed by atoms with Crippen molar-refractivity contribution < 1.29 is 4.79 Å². The lowest BCUT2D eigenvalue weighted by Crippen LogP contribution is -2.43. The summed E-state index contributed by atoms with van der Waals surface area (Å²) in [6.45, 7) is 3.90. The third-order valence-corrected chi connectivity index (χ3v) is 7.11. The molecule has 146 valence electrons. The number of hydrogen-bond acceptors (Lipinski definition) is 6. The highest BCUT2D eigenvalue weighted by atomic mass is 32.1. The number of nitriles is 1. The Morgan fingerprint density at radius 1 is 1.28 bits per heavy atom. The van der Waals surface area contributed by atoms with Crippen molar-refractivity contribution in [1.29, 1.82) is 5.26 Å². The molecule has 0 radical (unpaired) electrons. The van der Waals surface area contributed by atoms with E-state index in [0.717, 1.165) is 71.1 Å². The van der Waals surface area contributed by atoms with Gasteiger partial charge in [-0.25, -0.2) is 4.98 Å². The smallest absolute Gasteiger partial charge is 0.186 e. The van der Waals surface area contributed by atoms with Crippen molar-refractivity contribution in [1.82, 2.24) is 10.3 Å². The van der Waals surface area contributed by atoms with E-state index in [-0.39, 0.29) is 11.7 Å². The molecule has 5 rings (SSSR count). The Morgan fingerprint density at radius 3 is 2.97 bits per heavy atom. The quantitative estimate of drug-likeness (QED) is 0.671. The molecular weight excluding hydrogens is 380 g/mol. The fraction of sp³-hybridized carbons (Fsp3) is 0.348. The molecular formula is C23H22N4OS. The highest BCUT2D eigenvalue weighted by Crippen LogP contribution is 2.38. The SMILES string of the molecule is N#Cc1cccc2c1CC[C@@H]2CC(=O)c1ccc2nc(N3CCNCC3)sc2c1. The number of benzene rings is 2. The number of anilines is 1. The summed E-state index contributed by atoms with van der Waals surface area (Å²) in [4.78, 5) is 20.1. The van der Waals surface area contributed by atoms with Crippen molar-refractivity contribution in [2.24, 2.45) is 0 Å². The minimum absolute atomic E-state index is 0.171. The summed E-state index contributed by atoms with van der Waals surface area (Å²) in [5.41, 5.74) is 4.79. The topological polar surface area (TPSA) is 69.0 Å². The van der Waals surface area contributed by atoms with Gasteiger partial charge in [-0.1, -0.05) is 23.5 Å². The van der Waals surface area contributed by atoms with Gasteiger partial charge >= 0.3 is 0 Å². The number of piperazine rings is 1. The van der Waals surface area contributed by atoms with E-state index in [0.29, 0.717) is 6.42 Å². The molecule has 1 aliphatic carbocycles. The van der Waals surface area contributed by atoms with Gasteiger partial charge in [0, 0.05) is 38.2 Å². The predicted molar refractivity (Wildman–Crippen MR) is 116 cm³/mol. The zero-order valence-electron chi connectivity index (χ0n) is 16.1. The van der Waals surface area contributed by atoms with Gasteiger partial charge in [-0.3, -0.25) is 4.79 Å². The number of nitrogens with zero attached hydrogens (tertiary/aromatic N) is 3. The third-order valence-electron chi connectivity index (χ3n) is 6.03. The maximum Gasteiger partial charge on any atom is 0.186 e. The van der Waals surface area contributed by atoms with Crippen LogP contribution in [0.5, 0.6) is 0 Å². The first-order chi connectivity index (χ1) is 14.2. The predicted octanol–water partition coefficient (Wildman–Crippen LogP) is 3.88. The maximum atomic E-state index is 13.0. The lowest BCUT2D eigenvalue weighted by Gasteiger charge is -2.26. The minimum atomic E-state index is 0.171. The van der Waals surface area contributed by atoms with Gasteiger partial charge in [0.25, 0.3) is 0 Å². The second-order valence-electron chi connectivity index (χ2n) is 7.76. The van der Waals surface area contributed by atoms with E-state index in [9.17, 15) is 10.1 Å². The standard InChI is InChI=1S/C23H22N4OS/c24-14-17-2-1-3-18-15(4-6-19(17)18)12-21(28)16-5-7-20-22(13-16)29-23(26-20)27-10-8-25-9-11-27/h1-3,5,7,13,15,25H,4,6,8-12H2/t15-/m1/s1. The normalized spacial score (nSPS) is 18.6. The first-order valence-corrected chi connectivity index (χ1v) is 11.0. The maximum absolute atomic E-state index is 13.0. The van der Waals surface area contributed by atoms with Crippen molar-refractivity contribution in [3.05, 3.63) is 58.7 Å². The van der Waals surface area contributed by atoms with E-state index < -0.39 is 0 Å². The van der Waals surface area contributed by atoms with Crippen molar-refractivity contribution in [2.75, 3.05) is 31.1 Å². The van der Waals surface area contributed by atoms with Gasteiger partial charge in [-0.15, -0.1) is 0 Å². The summed E-state index contributed by atoms with van der Waals surface area (Å²) in [7, 11) is 0. The number of fused-ring (bicyclic) bond motifs is 2. The first kappa shape index (κ1) is 18.3. The molecule has 1 atom stereocenters. The molecule has 1 aromatic heterocycles. The second kappa shape index (κ2) is 7.58. The third kappa shape index (κ3) is 3.41. The van der Waals surface area contributed by atoms with Crippen LogP contribution >= 0.6 is 11.3 Å². The monoisotopic (exact) mass is 402 g/mol. The Bertz CT molecular complexity index is 1120. The lowest BCUT2D eigenvalue weighted by atomic mass is 9.92. The summed E-state index contributed by atoms with van der Waals surface area (Å²) < 4.78 is 1.07. The number of hydrogen-bond donors (Lipinski definition) is 1. The molecule has 2 aliphatic rings. The van der Waals surface area contributed by atoms with Gasteiger partial charge in [-0.05, 0) is 54.2 Å². The number of rotatable bonds is 4. The number of thiazole rings is 1. The van der Waals surface area contributed by atoms with Crippen LogP contribution in [0.2, 0.25) is 0 Å². The summed E-state index contributed by atoms with van der Waals surface area (Å²) in [6.07, 6.45) is 2.32. The molecule has 1 aliphatic heterocycles. The van der Waals surface area contributed by atoms with Crippen LogP contribution < -0.4 is 10.2 Å². The van der Waals surface area contributed by atoms with Crippen molar-refractivity contribution in [3.63, 3.8) is 0 Å². The van der Waals surface area contributed by atoms with Crippen LogP contribution in [0.25, 0.3) is 10.2 Å². The van der Waals surface area contributed by atoms with Crippen molar-refractivity contribution in [2.45, 2.75) is 25.2 Å². The van der Waals surface area contributed by atoms with E-state index in [1.807, 2.05) is 30.3 Å². The Morgan fingerprint density at radius 2 is 2.14 bits per heavy atom. The highest BCUT2D eigenvalue weighted by molar-refractivity contribution is 7.22. The number of nitrogens with one attached hydrogen (secondary N) is 1. The van der Waals surface area contributed by atoms with Gasteiger partial charge in [0.1, 0.15) is 0 Å². The van der Waals surface area contributed by atoms with E-state index in [1.54, 1.807) is 11.3 Å². The van der Waals surface area contributed by atoms with Crippen LogP contribution in [-0.2, 0) is 6.42 Å². The zero-order chi connectivity index (χ0) is 19.8. The molecule has 5 nitrogen and oxygen atoms in total. The summed E-state index contributed by atoms with van der Waals surface area (Å²) in [5.74, 6) is 0.378. The van der Waals surface area contributed by atoms with Crippen LogP contribution in [-0.4, -0.2) is 36.9 Å². The molecule has 1 fully saturated rings. The number of carbonyl (C=O) groups is 1. The molecule has 3 aromatic rings. The van der Waals surface area contributed by atoms with Gasteiger partial charge in [-0.2, -0.15) is 5.26 Å². The molecule has 29 heavy (non-hydrogen) atoms. The molecule has 2 aromatic carbocycles. The van der Waals surface area contributed by atoms with E-state index >= 15 is 0 Å². The molecule has 6 heteroatoms. The van der Waals surface area contributed by atoms with Crippen molar-refractivity contribution in [3.8, 4) is 6.07 Å². The number of carbonyl (C=O) groups excluding carboxylic acids is 1. The number of ketones is 1. The Labute approximate surface area is 174 Å². The van der Waals surface area contributed by atoms with Crippen LogP contribution in [0.4, 0.5) is 5.13 Å². The molecule has 2 heterocycles. The molecule has 0 saturated carbocycles. The molecule has 1 N–H and O–H groups in total. The molecule has 0 bridgehead atoms. The largest absolute Gasteiger partial charge is 0.346 e. The fourth-order valence-electron chi connectivity index (χ4n) is 4.48. The van der Waals surface area contributed by atoms with E-state index in [4.69, 9.17) is 4.98 Å². The van der Waals surface area contributed by atoms with Gasteiger partial charge in [0.05, 0.1) is 21.8 Å². The summed E-state index contributed by atoms with van der Waals surface area (Å²) >= 11 is 1.67. The van der Waals surface area contributed by atoms with E-state index in [2.05, 4.69) is 22.4 Å². The van der Waals surface area contributed by atoms with Crippen LogP contribution in [0.1, 0.15) is 45.8 Å². The van der Waals surface area contributed by atoms with Crippen LogP contribution in [0, 0.1) is 11.3 Å². The average molecular weight is 403 g/mol. The van der Waals surface area contributed by atoms with Crippen molar-refractivity contribution >= 4 is 32.5 Å². The molecule has 0 amide bonds. The molecule has 0 unspecified atom stereocenters. The highest BCUT2D eigenvalue weighted by Gasteiger charge is 2.27. The average Bonchev–Trinajstić information content (AvgIpc) is 3.38. The van der Waals surface area contributed by atoms with E-state index in [1.165, 1.54) is 5.56 Å². The number of aromatic nitrogens is 1. The van der Waals surface area contributed by atoms with Gasteiger partial charge in [0.15, 0.2) is 10.9 Å². The van der Waals surface area contributed by atoms with Crippen LogP contribution in [0.15, 0.2) is 36.4 Å². The Kier molecular flexibility index (Phi) is 4.78. The zero-order valence-corrected chi connectivity index (χ0v) is 17.0. The first-order valence-electron chi connectivity index (χ1n) is 10.1. The second-order valence-corrected chi connectivity index (χ2v) is 8.77. The lowest BCUT2D eigenvalue weighted by molar-refractivity contribution is 0.0973. The molecule has 0 spiro atoms.